The third-order valence-electron chi connectivity index (χ3n) is 2.99. The molecule has 9 heteroatoms. The minimum atomic E-state index is -0.656. The van der Waals surface area contributed by atoms with Crippen LogP contribution in [-0.4, -0.2) is 34.9 Å². The summed E-state index contributed by atoms with van der Waals surface area (Å²) in [5.74, 6) is -1.40. The summed E-state index contributed by atoms with van der Waals surface area (Å²) in [5, 5.41) is 5.01. The van der Waals surface area contributed by atoms with Crippen molar-refractivity contribution in [2.75, 3.05) is 11.9 Å². The molecule has 1 heterocycles. The van der Waals surface area contributed by atoms with Crippen LogP contribution >= 0.6 is 12.4 Å². The van der Waals surface area contributed by atoms with Gasteiger partial charge in [0, 0.05) is 13.2 Å². The predicted molar refractivity (Wildman–Crippen MR) is 85.6 cm³/mol. The van der Waals surface area contributed by atoms with Crippen LogP contribution in [0.2, 0.25) is 0 Å². The molecule has 0 unspecified atom stereocenters. The fourth-order valence-corrected chi connectivity index (χ4v) is 1.67. The number of nitrogens with zero attached hydrogens (tertiary/aromatic N) is 1. The summed E-state index contributed by atoms with van der Waals surface area (Å²) >= 11 is 0. The Bertz CT molecular complexity index is 556. The van der Waals surface area contributed by atoms with E-state index in [0.29, 0.717) is 5.69 Å². The van der Waals surface area contributed by atoms with Crippen LogP contribution in [0.4, 0.5) is 5.69 Å². The van der Waals surface area contributed by atoms with Crippen LogP contribution in [0, 0.1) is 5.92 Å². The summed E-state index contributed by atoms with van der Waals surface area (Å²) in [6, 6.07) is 0.804. The fraction of sp³-hybridized carbons (Fsp3) is 0.462. The summed E-state index contributed by atoms with van der Waals surface area (Å²) in [6.07, 6.45) is 1.56. The number of hydrogen-bond acceptors (Lipinski definition) is 4. The Balaban J connectivity index is 0.00000441. The van der Waals surface area contributed by atoms with Gasteiger partial charge in [0.05, 0.1) is 18.3 Å². The van der Waals surface area contributed by atoms with Crippen molar-refractivity contribution in [2.24, 2.45) is 24.4 Å². The molecule has 1 aromatic rings. The van der Waals surface area contributed by atoms with Crippen molar-refractivity contribution in [1.29, 1.82) is 0 Å². The van der Waals surface area contributed by atoms with Gasteiger partial charge in [-0.25, -0.2) is 0 Å². The lowest BCUT2D eigenvalue weighted by Gasteiger charge is -2.14. The van der Waals surface area contributed by atoms with Crippen LogP contribution in [0.15, 0.2) is 12.3 Å². The predicted octanol–water partition coefficient (Wildman–Crippen LogP) is -0.416. The molecule has 0 fully saturated rings. The second-order valence-electron chi connectivity index (χ2n) is 5.12. The number of anilines is 1. The highest BCUT2D eigenvalue weighted by molar-refractivity contribution is 5.97. The van der Waals surface area contributed by atoms with Crippen molar-refractivity contribution < 1.29 is 14.4 Å². The number of hydrogen-bond donors (Lipinski definition) is 4. The molecule has 0 aliphatic rings. The second kappa shape index (κ2) is 8.40. The largest absolute Gasteiger partial charge is 0.364 e. The summed E-state index contributed by atoms with van der Waals surface area (Å²) < 4.78 is 1.51. The van der Waals surface area contributed by atoms with Crippen LogP contribution in [0.25, 0.3) is 0 Å². The molecule has 1 aromatic heterocycles. The lowest BCUT2D eigenvalue weighted by molar-refractivity contribution is -0.125. The first-order valence-corrected chi connectivity index (χ1v) is 6.51. The van der Waals surface area contributed by atoms with E-state index >= 15 is 0 Å². The zero-order valence-electron chi connectivity index (χ0n) is 12.8. The van der Waals surface area contributed by atoms with Crippen molar-refractivity contribution in [3.63, 3.8) is 0 Å². The van der Waals surface area contributed by atoms with Gasteiger partial charge in [0.1, 0.15) is 5.69 Å². The van der Waals surface area contributed by atoms with E-state index in [1.807, 2.05) is 13.8 Å². The Kier molecular flexibility index (Phi) is 7.61. The quantitative estimate of drug-likeness (QED) is 0.563. The molecule has 3 amide bonds. The molecular formula is C13H22ClN5O3. The number of nitrogens with one attached hydrogen (secondary N) is 2. The van der Waals surface area contributed by atoms with Crippen LogP contribution in [0.3, 0.4) is 0 Å². The maximum Gasteiger partial charge on any atom is 0.265 e. The minimum absolute atomic E-state index is 0. The van der Waals surface area contributed by atoms with E-state index in [-0.39, 0.29) is 36.5 Å². The van der Waals surface area contributed by atoms with Gasteiger partial charge in [-0.2, -0.15) is 0 Å². The van der Waals surface area contributed by atoms with E-state index < -0.39 is 17.9 Å². The average molecular weight is 332 g/mol. The molecule has 124 valence electrons. The molecule has 6 N–H and O–H groups in total. The zero-order valence-corrected chi connectivity index (χ0v) is 13.6. The Morgan fingerprint density at radius 1 is 1.32 bits per heavy atom. The molecule has 22 heavy (non-hydrogen) atoms. The van der Waals surface area contributed by atoms with Crippen LogP contribution in [-0.2, 0) is 16.6 Å². The first kappa shape index (κ1) is 19.9. The molecule has 0 saturated heterocycles. The number of nitrogens with two attached hydrogens (primary N) is 2. The van der Waals surface area contributed by atoms with Crippen molar-refractivity contribution in [3.05, 3.63) is 18.0 Å². The van der Waals surface area contributed by atoms with E-state index in [0.717, 1.165) is 0 Å². The Labute approximate surface area is 135 Å². The molecular weight excluding hydrogens is 310 g/mol. The molecule has 0 aliphatic carbocycles. The van der Waals surface area contributed by atoms with Gasteiger partial charge in [0.15, 0.2) is 0 Å². The standard InChI is InChI=1S/C13H21N5O3.ClH/c1-7(2)11(14)13(21)16-5-10(19)17-8-4-9(12(15)20)18(3)6-8;/h4,6-7,11H,5,14H2,1-3H3,(H2,15,20)(H,16,21)(H,17,19);1H/t11-;/m0./s1. The Morgan fingerprint density at radius 3 is 2.36 bits per heavy atom. The smallest absolute Gasteiger partial charge is 0.265 e. The maximum atomic E-state index is 11.7. The number of aryl methyl sites for hydroxylation is 1. The molecule has 0 aliphatic heterocycles. The molecule has 0 aromatic carbocycles. The minimum Gasteiger partial charge on any atom is -0.364 e. The van der Waals surface area contributed by atoms with Gasteiger partial charge in [-0.15, -0.1) is 12.4 Å². The number of carbonyl (C=O) groups is 3. The SMILES string of the molecule is CC(C)[C@H](N)C(=O)NCC(=O)Nc1cc(C(N)=O)n(C)c1.Cl. The van der Waals surface area contributed by atoms with Crippen LogP contribution in [0.5, 0.6) is 0 Å². The highest BCUT2D eigenvalue weighted by atomic mass is 35.5. The number of primary amides is 1. The molecule has 0 bridgehead atoms. The molecule has 1 rings (SSSR count). The number of aromatic nitrogens is 1. The summed E-state index contributed by atoms with van der Waals surface area (Å²) in [5.41, 5.74) is 11.5. The molecule has 0 saturated carbocycles. The Hall–Kier alpha value is -2.06. The third kappa shape index (κ3) is 5.38. The topological polar surface area (TPSA) is 132 Å². The van der Waals surface area contributed by atoms with Crippen LogP contribution < -0.4 is 22.1 Å². The summed E-state index contributed by atoms with van der Waals surface area (Å²) in [4.78, 5) is 34.4. The third-order valence-corrected chi connectivity index (χ3v) is 2.99. The van der Waals surface area contributed by atoms with E-state index in [4.69, 9.17) is 11.5 Å². The van der Waals surface area contributed by atoms with Gasteiger partial charge < -0.3 is 26.7 Å². The van der Waals surface area contributed by atoms with Gasteiger partial charge in [-0.3, -0.25) is 14.4 Å². The number of rotatable bonds is 6. The monoisotopic (exact) mass is 331 g/mol. The highest BCUT2D eigenvalue weighted by Crippen LogP contribution is 2.11. The van der Waals surface area contributed by atoms with Crippen molar-refractivity contribution in [1.82, 2.24) is 9.88 Å². The van der Waals surface area contributed by atoms with E-state index in [9.17, 15) is 14.4 Å². The van der Waals surface area contributed by atoms with Crippen molar-refractivity contribution in [3.8, 4) is 0 Å². The maximum absolute atomic E-state index is 11.7. The molecule has 1 atom stereocenters. The van der Waals surface area contributed by atoms with Gasteiger partial charge in [-0.05, 0) is 12.0 Å². The molecule has 0 radical (unpaired) electrons. The zero-order chi connectivity index (χ0) is 16.2. The average Bonchev–Trinajstić information content (AvgIpc) is 2.75. The Morgan fingerprint density at radius 2 is 1.91 bits per heavy atom. The van der Waals surface area contributed by atoms with Gasteiger partial charge in [0.25, 0.3) is 5.91 Å². The first-order valence-electron chi connectivity index (χ1n) is 6.51. The van der Waals surface area contributed by atoms with Crippen LogP contribution in [0.1, 0.15) is 24.3 Å². The number of carbonyl (C=O) groups excluding carboxylic acids is 3. The van der Waals surface area contributed by atoms with Gasteiger partial charge >= 0.3 is 0 Å². The van der Waals surface area contributed by atoms with Gasteiger partial charge in [-0.1, -0.05) is 13.8 Å². The molecule has 0 spiro atoms. The number of halogens is 1. The lowest BCUT2D eigenvalue weighted by atomic mass is 10.1. The highest BCUT2D eigenvalue weighted by Gasteiger charge is 2.18. The van der Waals surface area contributed by atoms with E-state index in [2.05, 4.69) is 10.6 Å². The van der Waals surface area contributed by atoms with E-state index in [1.165, 1.54) is 10.6 Å². The lowest BCUT2D eigenvalue weighted by Crippen LogP contribution is -2.46. The summed E-state index contributed by atoms with van der Waals surface area (Å²) in [6.45, 7) is 3.44. The molecule has 8 nitrogen and oxygen atoms in total. The second-order valence-corrected chi connectivity index (χ2v) is 5.12. The summed E-state index contributed by atoms with van der Waals surface area (Å²) in [7, 11) is 1.64. The van der Waals surface area contributed by atoms with E-state index in [1.54, 1.807) is 13.2 Å². The normalized spacial score (nSPS) is 11.5. The van der Waals surface area contributed by atoms with Crippen molar-refractivity contribution in [2.45, 2.75) is 19.9 Å². The van der Waals surface area contributed by atoms with Gasteiger partial charge in [0.2, 0.25) is 11.8 Å². The number of amides is 3. The van der Waals surface area contributed by atoms with Crippen molar-refractivity contribution >= 4 is 35.8 Å². The fourth-order valence-electron chi connectivity index (χ4n) is 1.67. The first-order chi connectivity index (χ1) is 9.72.